The van der Waals surface area contributed by atoms with E-state index in [0.717, 1.165) is 22.0 Å². The van der Waals surface area contributed by atoms with E-state index in [1.165, 1.54) is 19.3 Å². The molecule has 0 spiro atoms. The highest BCUT2D eigenvalue weighted by molar-refractivity contribution is 14.1. The lowest BCUT2D eigenvalue weighted by Gasteiger charge is -2.33. The topological polar surface area (TPSA) is 47.6 Å². The summed E-state index contributed by atoms with van der Waals surface area (Å²) < 4.78 is 12.4. The van der Waals surface area contributed by atoms with Gasteiger partial charge in [-0.05, 0) is 41.5 Å². The van der Waals surface area contributed by atoms with Crippen molar-refractivity contribution in [3.05, 3.63) is 33.4 Å². The van der Waals surface area contributed by atoms with Crippen LogP contribution in [0.4, 0.5) is 4.79 Å². The first-order valence-corrected chi connectivity index (χ1v) is 8.99. The Labute approximate surface area is 146 Å². The van der Waals surface area contributed by atoms with E-state index < -0.39 is 11.9 Å². The molecule has 1 aromatic carbocycles. The van der Waals surface area contributed by atoms with Crippen LogP contribution in [0.15, 0.2) is 24.3 Å². The number of ether oxygens (including phenoxy) is 2. The molecule has 1 aliphatic carbocycles. The van der Waals surface area contributed by atoms with Gasteiger partial charge in [-0.1, -0.05) is 44.4 Å². The second-order valence-corrected chi connectivity index (χ2v) is 6.82. The van der Waals surface area contributed by atoms with Gasteiger partial charge in [-0.2, -0.15) is 0 Å². The molecule has 1 saturated carbocycles. The molecule has 1 atom stereocenters. The van der Waals surface area contributed by atoms with E-state index in [9.17, 15) is 4.79 Å². The molecule has 22 heavy (non-hydrogen) atoms. The number of rotatable bonds is 5. The molecule has 122 valence electrons. The van der Waals surface area contributed by atoms with Gasteiger partial charge in [0.05, 0.1) is 0 Å². The zero-order valence-corrected chi connectivity index (χ0v) is 15.4. The smallest absolute Gasteiger partial charge is 0.410 e. The number of hydrogen-bond acceptors (Lipinski definition) is 3. The van der Waals surface area contributed by atoms with Crippen molar-refractivity contribution in [3.63, 3.8) is 0 Å². The molecule has 0 unspecified atom stereocenters. The van der Waals surface area contributed by atoms with Crippen LogP contribution in [0.5, 0.6) is 0 Å². The van der Waals surface area contributed by atoms with Crippen LogP contribution < -0.4 is 5.32 Å². The molecule has 0 bridgehead atoms. The predicted molar refractivity (Wildman–Crippen MR) is 94.6 cm³/mol. The van der Waals surface area contributed by atoms with E-state index in [2.05, 4.69) is 27.9 Å². The molecule has 1 N–H and O–H groups in total. The van der Waals surface area contributed by atoms with E-state index >= 15 is 0 Å². The lowest BCUT2D eigenvalue weighted by Crippen LogP contribution is -2.43. The lowest BCUT2D eigenvalue weighted by atomic mass is 9.96. The minimum Gasteiger partial charge on any atom is -0.412 e. The third kappa shape index (κ3) is 4.13. The number of carbonyl (C=O) groups is 1. The van der Waals surface area contributed by atoms with Gasteiger partial charge < -0.3 is 14.8 Å². The van der Waals surface area contributed by atoms with Crippen LogP contribution in [0.1, 0.15) is 51.0 Å². The molecule has 5 heteroatoms. The molecular weight excluding hydrogens is 393 g/mol. The van der Waals surface area contributed by atoms with Crippen LogP contribution in [0.25, 0.3) is 0 Å². The Morgan fingerprint density at radius 1 is 1.32 bits per heavy atom. The highest BCUT2D eigenvalue weighted by Gasteiger charge is 2.37. The number of methoxy groups -OCH3 is 1. The Morgan fingerprint density at radius 3 is 2.59 bits per heavy atom. The Hall–Kier alpha value is -0.820. The first-order chi connectivity index (χ1) is 10.6. The van der Waals surface area contributed by atoms with Gasteiger partial charge in [-0.25, -0.2) is 4.79 Å². The summed E-state index contributed by atoms with van der Waals surface area (Å²) in [5.74, 6) is -1.03. The van der Waals surface area contributed by atoms with Crippen molar-refractivity contribution >= 4 is 28.7 Å². The van der Waals surface area contributed by atoms with Crippen molar-refractivity contribution in [1.82, 2.24) is 5.32 Å². The van der Waals surface area contributed by atoms with Crippen molar-refractivity contribution in [2.45, 2.75) is 57.3 Å². The van der Waals surface area contributed by atoms with E-state index in [0.29, 0.717) is 6.42 Å². The van der Waals surface area contributed by atoms with Crippen LogP contribution in [-0.2, 0) is 15.3 Å². The maximum atomic E-state index is 12.3. The summed E-state index contributed by atoms with van der Waals surface area (Å²) >= 11 is 2.24. The van der Waals surface area contributed by atoms with Gasteiger partial charge >= 0.3 is 6.09 Å². The summed E-state index contributed by atoms with van der Waals surface area (Å²) in [6, 6.07) is 8.06. The summed E-state index contributed by atoms with van der Waals surface area (Å²) in [5.41, 5.74) is 0.888. The largest absolute Gasteiger partial charge is 0.412 e. The number of carbonyl (C=O) groups excluding carboxylic acids is 1. The average Bonchev–Trinajstić information content (AvgIpc) is 2.54. The first kappa shape index (κ1) is 17.5. The average molecular weight is 417 g/mol. The van der Waals surface area contributed by atoms with E-state index in [4.69, 9.17) is 9.47 Å². The number of halogens is 1. The lowest BCUT2D eigenvalue weighted by molar-refractivity contribution is -0.196. The first-order valence-electron chi connectivity index (χ1n) is 7.91. The standard InChI is InChI=1S/C17H24INO3/c1-3-17(21-2,14-11-7-8-12-15(14)18)22-16(20)19-13-9-5-4-6-10-13/h7-8,11-13H,3-6,9-10H2,1-2H3,(H,19,20)/t17-/m0/s1. The Kier molecular flexibility index (Phi) is 6.50. The third-order valence-corrected chi connectivity index (χ3v) is 5.20. The Morgan fingerprint density at radius 2 is 2.00 bits per heavy atom. The second kappa shape index (κ2) is 8.15. The number of benzene rings is 1. The number of alkyl carbamates (subject to hydrolysis) is 1. The fourth-order valence-corrected chi connectivity index (χ4v) is 3.77. The molecule has 1 aliphatic rings. The summed E-state index contributed by atoms with van der Waals surface area (Å²) in [6.45, 7) is 1.96. The maximum Gasteiger partial charge on any atom is 0.410 e. The van der Waals surface area contributed by atoms with Crippen LogP contribution in [0, 0.1) is 3.57 Å². The minimum atomic E-state index is -1.03. The molecular formula is C17H24INO3. The van der Waals surface area contributed by atoms with E-state index in [-0.39, 0.29) is 6.04 Å². The van der Waals surface area contributed by atoms with Gasteiger partial charge in [0.15, 0.2) is 0 Å². The van der Waals surface area contributed by atoms with Crippen LogP contribution in [0.2, 0.25) is 0 Å². The summed E-state index contributed by atoms with van der Waals surface area (Å²) in [5, 5.41) is 2.99. The maximum absolute atomic E-state index is 12.3. The van der Waals surface area contributed by atoms with Gasteiger partial charge in [0, 0.05) is 28.7 Å². The van der Waals surface area contributed by atoms with Crippen LogP contribution in [0.3, 0.4) is 0 Å². The molecule has 2 rings (SSSR count). The quantitative estimate of drug-likeness (QED) is 0.565. The van der Waals surface area contributed by atoms with Crippen molar-refractivity contribution in [3.8, 4) is 0 Å². The zero-order chi connectivity index (χ0) is 16.0. The monoisotopic (exact) mass is 417 g/mol. The fourth-order valence-electron chi connectivity index (χ4n) is 2.98. The summed E-state index contributed by atoms with van der Waals surface area (Å²) in [6.07, 6.45) is 5.83. The Bertz CT molecular complexity index is 496. The molecule has 1 aromatic rings. The van der Waals surface area contributed by atoms with Gasteiger partial charge in [0.25, 0.3) is 0 Å². The Balaban J connectivity index is 2.10. The van der Waals surface area contributed by atoms with E-state index in [1.54, 1.807) is 7.11 Å². The molecule has 0 aliphatic heterocycles. The van der Waals surface area contributed by atoms with Crippen molar-refractivity contribution in [2.75, 3.05) is 7.11 Å². The number of amides is 1. The fraction of sp³-hybridized carbons (Fsp3) is 0.588. The van der Waals surface area contributed by atoms with Gasteiger partial charge in [0.2, 0.25) is 5.79 Å². The molecule has 4 nitrogen and oxygen atoms in total. The highest BCUT2D eigenvalue weighted by Crippen LogP contribution is 2.33. The summed E-state index contributed by atoms with van der Waals surface area (Å²) in [4.78, 5) is 12.3. The van der Waals surface area contributed by atoms with Gasteiger partial charge in [0.1, 0.15) is 0 Å². The van der Waals surface area contributed by atoms with Crippen molar-refractivity contribution < 1.29 is 14.3 Å². The molecule has 1 fully saturated rings. The van der Waals surface area contributed by atoms with Gasteiger partial charge in [-0.3, -0.25) is 0 Å². The molecule has 1 amide bonds. The zero-order valence-electron chi connectivity index (χ0n) is 13.2. The van der Waals surface area contributed by atoms with Crippen LogP contribution in [-0.4, -0.2) is 19.2 Å². The second-order valence-electron chi connectivity index (χ2n) is 5.66. The summed E-state index contributed by atoms with van der Waals surface area (Å²) in [7, 11) is 1.58. The number of nitrogens with one attached hydrogen (secondary N) is 1. The van der Waals surface area contributed by atoms with Crippen molar-refractivity contribution in [2.24, 2.45) is 0 Å². The SMILES string of the molecule is CC[C@](OC)(OC(=O)NC1CCCCC1)c1ccccc1I. The minimum absolute atomic E-state index is 0.225. The highest BCUT2D eigenvalue weighted by atomic mass is 127. The van der Waals surface area contributed by atoms with Gasteiger partial charge in [-0.15, -0.1) is 0 Å². The normalized spacial score (nSPS) is 18.5. The molecule has 0 radical (unpaired) electrons. The van der Waals surface area contributed by atoms with Crippen molar-refractivity contribution in [1.29, 1.82) is 0 Å². The number of hydrogen-bond donors (Lipinski definition) is 1. The molecule has 0 heterocycles. The third-order valence-electron chi connectivity index (χ3n) is 4.26. The molecule has 0 saturated heterocycles. The van der Waals surface area contributed by atoms with E-state index in [1.807, 2.05) is 31.2 Å². The molecule has 0 aromatic heterocycles. The van der Waals surface area contributed by atoms with Crippen LogP contribution >= 0.6 is 22.6 Å². The predicted octanol–water partition coefficient (Wildman–Crippen LogP) is 4.56.